The van der Waals surface area contributed by atoms with Crippen LogP contribution in [0, 0.1) is 0 Å². The lowest BCUT2D eigenvalue weighted by molar-refractivity contribution is -0.142. The molecule has 0 amide bonds. The van der Waals surface area contributed by atoms with Gasteiger partial charge in [0.15, 0.2) is 15.0 Å². The van der Waals surface area contributed by atoms with E-state index >= 15 is 0 Å². The number of hydrogen-bond donors (Lipinski definition) is 0. The van der Waals surface area contributed by atoms with Gasteiger partial charge in [-0.05, 0) is 13.3 Å². The number of carbonyl (C=O) groups is 1. The summed E-state index contributed by atoms with van der Waals surface area (Å²) >= 11 is 1.42. The molecule has 1 aromatic heterocycles. The summed E-state index contributed by atoms with van der Waals surface area (Å²) in [5, 5.41) is 2.55. The number of anilines is 1. The number of thiazole rings is 1. The quantitative estimate of drug-likeness (QED) is 0.750. The van der Waals surface area contributed by atoms with Gasteiger partial charge in [0.05, 0.1) is 30.2 Å². The van der Waals surface area contributed by atoms with Crippen LogP contribution in [0.4, 0.5) is 5.13 Å². The second-order valence-corrected chi connectivity index (χ2v) is 7.84. The topological polar surface area (TPSA) is 76.6 Å². The molecular formula is C12H18N2O4S2. The van der Waals surface area contributed by atoms with Crippen molar-refractivity contribution in [3.63, 3.8) is 0 Å². The number of carbonyl (C=O) groups excluding carboxylic acids is 1. The maximum Gasteiger partial charge on any atom is 0.311 e. The average molecular weight is 318 g/mol. The second-order valence-electron chi connectivity index (χ2n) is 4.77. The zero-order chi connectivity index (χ0) is 14.8. The van der Waals surface area contributed by atoms with Crippen LogP contribution in [-0.4, -0.2) is 50.6 Å². The second kappa shape index (κ2) is 6.09. The predicted molar refractivity (Wildman–Crippen MR) is 77.9 cm³/mol. The summed E-state index contributed by atoms with van der Waals surface area (Å²) in [5.41, 5.74) is 0.663. The van der Waals surface area contributed by atoms with E-state index < -0.39 is 9.84 Å². The Balaban J connectivity index is 2.00. The van der Waals surface area contributed by atoms with E-state index in [2.05, 4.69) is 4.98 Å². The first-order chi connectivity index (χ1) is 9.41. The van der Waals surface area contributed by atoms with Crippen LogP contribution >= 0.6 is 11.3 Å². The van der Waals surface area contributed by atoms with E-state index in [1.54, 1.807) is 6.92 Å². The predicted octanol–water partition coefficient (Wildman–Crippen LogP) is 0.872. The third-order valence-electron chi connectivity index (χ3n) is 3.23. The van der Waals surface area contributed by atoms with Crippen molar-refractivity contribution in [2.45, 2.75) is 25.8 Å². The molecule has 1 fully saturated rings. The molecule has 1 saturated heterocycles. The Morgan fingerprint density at radius 1 is 1.60 bits per heavy atom. The molecular weight excluding hydrogens is 300 g/mol. The smallest absolute Gasteiger partial charge is 0.311 e. The van der Waals surface area contributed by atoms with Crippen molar-refractivity contribution in [1.29, 1.82) is 0 Å². The lowest BCUT2D eigenvalue weighted by atomic mass is 10.2. The van der Waals surface area contributed by atoms with E-state index in [1.165, 1.54) is 11.3 Å². The fourth-order valence-corrected chi connectivity index (χ4v) is 4.77. The van der Waals surface area contributed by atoms with Gasteiger partial charge in [0.25, 0.3) is 0 Å². The number of nitrogens with zero attached hydrogens (tertiary/aromatic N) is 2. The first-order valence-corrected chi connectivity index (χ1v) is 9.14. The maximum atomic E-state index is 11.5. The Morgan fingerprint density at radius 3 is 2.95 bits per heavy atom. The molecule has 1 unspecified atom stereocenters. The lowest BCUT2D eigenvalue weighted by Crippen LogP contribution is -2.32. The number of hydrogen-bond acceptors (Lipinski definition) is 7. The van der Waals surface area contributed by atoms with Crippen LogP contribution in [-0.2, 0) is 25.8 Å². The molecule has 0 radical (unpaired) electrons. The molecule has 2 heterocycles. The number of aromatic nitrogens is 1. The molecule has 1 aliphatic heterocycles. The van der Waals surface area contributed by atoms with Crippen molar-refractivity contribution < 1.29 is 17.9 Å². The van der Waals surface area contributed by atoms with Crippen LogP contribution in [0.25, 0.3) is 0 Å². The highest BCUT2D eigenvalue weighted by Gasteiger charge is 2.31. The summed E-state index contributed by atoms with van der Waals surface area (Å²) in [6.45, 7) is 2.12. The third kappa shape index (κ3) is 3.69. The highest BCUT2D eigenvalue weighted by atomic mass is 32.2. The highest BCUT2D eigenvalue weighted by molar-refractivity contribution is 7.91. The van der Waals surface area contributed by atoms with Gasteiger partial charge in [-0.15, -0.1) is 11.3 Å². The molecule has 0 saturated carbocycles. The van der Waals surface area contributed by atoms with Crippen molar-refractivity contribution in [2.24, 2.45) is 0 Å². The Bertz CT molecular complexity index is 582. The molecule has 0 bridgehead atoms. The summed E-state index contributed by atoms with van der Waals surface area (Å²) in [5.74, 6) is 0.120. The van der Waals surface area contributed by atoms with Gasteiger partial charge in [-0.1, -0.05) is 0 Å². The van der Waals surface area contributed by atoms with E-state index in [0.29, 0.717) is 18.7 Å². The standard InChI is InChI=1S/C12H18N2O4S2/c1-3-18-11(15)6-9-7-19-12(13-9)14(2)10-4-5-20(16,17)8-10/h7,10H,3-6,8H2,1-2H3. The van der Waals surface area contributed by atoms with Crippen LogP contribution in [0.15, 0.2) is 5.38 Å². The molecule has 6 nitrogen and oxygen atoms in total. The first-order valence-electron chi connectivity index (χ1n) is 6.44. The van der Waals surface area contributed by atoms with Crippen molar-refractivity contribution in [2.75, 3.05) is 30.1 Å². The third-order valence-corrected chi connectivity index (χ3v) is 5.96. The van der Waals surface area contributed by atoms with E-state index in [1.807, 2.05) is 17.3 Å². The van der Waals surface area contributed by atoms with Crippen LogP contribution in [0.2, 0.25) is 0 Å². The van der Waals surface area contributed by atoms with E-state index in [0.717, 1.165) is 5.13 Å². The van der Waals surface area contributed by atoms with Gasteiger partial charge in [0, 0.05) is 18.5 Å². The molecule has 112 valence electrons. The van der Waals surface area contributed by atoms with Crippen LogP contribution in [0.1, 0.15) is 19.0 Å². The van der Waals surface area contributed by atoms with Gasteiger partial charge in [-0.25, -0.2) is 13.4 Å². The Hall–Kier alpha value is -1.15. The zero-order valence-electron chi connectivity index (χ0n) is 11.5. The average Bonchev–Trinajstić information content (AvgIpc) is 2.95. The zero-order valence-corrected chi connectivity index (χ0v) is 13.2. The molecule has 0 N–H and O–H groups in total. The number of rotatable bonds is 5. The monoisotopic (exact) mass is 318 g/mol. The minimum atomic E-state index is -2.91. The molecule has 0 aliphatic carbocycles. The normalized spacial score (nSPS) is 20.8. The van der Waals surface area contributed by atoms with Gasteiger partial charge >= 0.3 is 5.97 Å². The van der Waals surface area contributed by atoms with Gasteiger partial charge in [0.2, 0.25) is 0 Å². The summed E-state index contributed by atoms with van der Waals surface area (Å²) < 4.78 is 27.9. The maximum absolute atomic E-state index is 11.5. The number of esters is 1. The number of ether oxygens (including phenoxy) is 1. The van der Waals surface area contributed by atoms with Crippen molar-refractivity contribution >= 4 is 32.3 Å². The summed E-state index contributed by atoms with van der Waals surface area (Å²) in [6, 6.07) is -0.0263. The van der Waals surface area contributed by atoms with Crippen LogP contribution < -0.4 is 4.90 Å². The molecule has 0 aromatic carbocycles. The molecule has 1 aliphatic rings. The number of sulfone groups is 1. The molecule has 20 heavy (non-hydrogen) atoms. The molecule has 2 rings (SSSR count). The minimum Gasteiger partial charge on any atom is -0.466 e. The van der Waals surface area contributed by atoms with E-state index in [-0.39, 0.29) is 29.9 Å². The van der Waals surface area contributed by atoms with Crippen molar-refractivity contribution in [3.05, 3.63) is 11.1 Å². The highest BCUT2D eigenvalue weighted by Crippen LogP contribution is 2.26. The van der Waals surface area contributed by atoms with Gasteiger partial charge in [0.1, 0.15) is 0 Å². The van der Waals surface area contributed by atoms with Crippen molar-refractivity contribution in [1.82, 2.24) is 4.98 Å². The fourth-order valence-electron chi connectivity index (χ4n) is 2.14. The SMILES string of the molecule is CCOC(=O)Cc1csc(N(C)C2CCS(=O)(=O)C2)n1. The summed E-state index contributed by atoms with van der Waals surface area (Å²) in [7, 11) is -1.06. The lowest BCUT2D eigenvalue weighted by Gasteiger charge is -2.22. The Kier molecular flexibility index (Phi) is 4.64. The molecule has 0 spiro atoms. The van der Waals surface area contributed by atoms with Gasteiger partial charge < -0.3 is 9.64 Å². The van der Waals surface area contributed by atoms with Crippen LogP contribution in [0.3, 0.4) is 0 Å². The summed E-state index contributed by atoms with van der Waals surface area (Å²) in [4.78, 5) is 17.6. The molecule has 8 heteroatoms. The Labute approximate surface area is 122 Å². The van der Waals surface area contributed by atoms with Crippen molar-refractivity contribution in [3.8, 4) is 0 Å². The fraction of sp³-hybridized carbons (Fsp3) is 0.667. The van der Waals surface area contributed by atoms with Gasteiger partial charge in [-0.2, -0.15) is 0 Å². The molecule has 1 aromatic rings. The van der Waals surface area contributed by atoms with E-state index in [9.17, 15) is 13.2 Å². The van der Waals surface area contributed by atoms with Gasteiger partial charge in [-0.3, -0.25) is 4.79 Å². The molecule has 1 atom stereocenters. The van der Waals surface area contributed by atoms with E-state index in [4.69, 9.17) is 4.74 Å². The first kappa shape index (κ1) is 15.2. The minimum absolute atomic E-state index is 0.0263. The Morgan fingerprint density at radius 2 is 2.35 bits per heavy atom. The largest absolute Gasteiger partial charge is 0.466 e. The van der Waals surface area contributed by atoms with Crippen LogP contribution in [0.5, 0.6) is 0 Å². The summed E-state index contributed by atoms with van der Waals surface area (Å²) in [6.07, 6.45) is 0.784.